The fourth-order valence-corrected chi connectivity index (χ4v) is 6.97. The summed E-state index contributed by atoms with van der Waals surface area (Å²) >= 11 is 5.87. The Kier molecular flexibility index (Phi) is 7.07. The third kappa shape index (κ3) is 4.52. The van der Waals surface area contributed by atoms with Crippen molar-refractivity contribution in [3.63, 3.8) is 0 Å². The molecule has 36 heavy (non-hydrogen) atoms. The normalized spacial score (nSPS) is 20.5. The van der Waals surface area contributed by atoms with Gasteiger partial charge < -0.3 is 14.5 Å². The topological polar surface area (TPSA) is 84.7 Å². The molecule has 4 aromatic rings. The van der Waals surface area contributed by atoms with Crippen LogP contribution < -0.4 is 10.0 Å². The molecular weight excluding hydrogens is 492 g/mol. The van der Waals surface area contributed by atoms with Crippen molar-refractivity contribution in [3.8, 4) is 0 Å². The van der Waals surface area contributed by atoms with Gasteiger partial charge in [-0.1, -0.05) is 67.5 Å². The van der Waals surface area contributed by atoms with Crippen molar-refractivity contribution in [1.82, 2.24) is 19.4 Å². The maximum Gasteiger partial charge on any atom is 0.241 e. The first-order valence-electron chi connectivity index (χ1n) is 12.2. The standard InChI is InChI=1S/C27H30N4O3S2/c1-28-26(35)27(21-12-13-25-29-15-17-31(25)19-21)14-5-4-11-24(27)34-18-16-30-36(32,33)23-10-6-8-20-7-2-3-9-22(20)23/h2-3,6-10,12-13,15,17,19,24,30H,4-5,11,14,16,18H2,1H3,(H,28,35). The van der Waals surface area contributed by atoms with Crippen molar-refractivity contribution in [2.45, 2.75) is 42.1 Å². The van der Waals surface area contributed by atoms with Gasteiger partial charge in [0.15, 0.2) is 0 Å². The highest BCUT2D eigenvalue weighted by Crippen LogP contribution is 2.42. The Morgan fingerprint density at radius 1 is 1.17 bits per heavy atom. The number of ether oxygens (including phenoxy) is 1. The lowest BCUT2D eigenvalue weighted by atomic mass is 9.67. The molecule has 2 aromatic carbocycles. The molecule has 0 saturated heterocycles. The summed E-state index contributed by atoms with van der Waals surface area (Å²) in [6.45, 7) is 0.418. The fourth-order valence-electron chi connectivity index (χ4n) is 5.38. The largest absolute Gasteiger partial charge is 0.382 e. The zero-order valence-corrected chi connectivity index (χ0v) is 21.8. The number of sulfonamides is 1. The zero-order chi connectivity index (χ0) is 25.2. The van der Waals surface area contributed by atoms with Gasteiger partial charge in [-0.2, -0.15) is 0 Å². The fraction of sp³-hybridized carbons (Fsp3) is 0.333. The minimum Gasteiger partial charge on any atom is -0.382 e. The summed E-state index contributed by atoms with van der Waals surface area (Å²) in [5.41, 5.74) is 1.46. The van der Waals surface area contributed by atoms with Gasteiger partial charge in [-0.05, 0) is 35.9 Å². The summed E-state index contributed by atoms with van der Waals surface area (Å²) in [7, 11) is -1.84. The number of likely N-dealkylation sites (N-methyl/N-ethyl adjacent to an activating group) is 1. The van der Waals surface area contributed by atoms with Crippen molar-refractivity contribution < 1.29 is 13.2 Å². The molecule has 188 valence electrons. The van der Waals surface area contributed by atoms with Gasteiger partial charge in [0.1, 0.15) is 5.65 Å². The first kappa shape index (κ1) is 24.8. The van der Waals surface area contributed by atoms with E-state index in [1.165, 1.54) is 0 Å². The van der Waals surface area contributed by atoms with Crippen LogP contribution >= 0.6 is 12.2 Å². The number of hydrogen-bond donors (Lipinski definition) is 2. The molecule has 1 aliphatic rings. The van der Waals surface area contributed by atoms with Crippen LogP contribution in [0.2, 0.25) is 0 Å². The molecule has 0 amide bonds. The number of hydrogen-bond acceptors (Lipinski definition) is 5. The van der Waals surface area contributed by atoms with Crippen LogP contribution in [0.5, 0.6) is 0 Å². The van der Waals surface area contributed by atoms with E-state index in [1.807, 2.05) is 54.0 Å². The molecular formula is C27H30N4O3S2. The summed E-state index contributed by atoms with van der Waals surface area (Å²) in [6.07, 6.45) is 9.39. The van der Waals surface area contributed by atoms with E-state index in [1.54, 1.807) is 18.3 Å². The van der Waals surface area contributed by atoms with E-state index >= 15 is 0 Å². The van der Waals surface area contributed by atoms with Gasteiger partial charge in [0.05, 0.1) is 28.0 Å². The molecule has 0 radical (unpaired) electrons. The summed E-state index contributed by atoms with van der Waals surface area (Å²) < 4.78 is 37.3. The Bertz CT molecular complexity index is 1500. The summed E-state index contributed by atoms with van der Waals surface area (Å²) in [5.74, 6) is 0. The number of aromatic nitrogens is 2. The molecule has 1 saturated carbocycles. The van der Waals surface area contributed by atoms with Gasteiger partial charge in [0, 0.05) is 37.6 Å². The molecule has 2 heterocycles. The molecule has 0 spiro atoms. The highest BCUT2D eigenvalue weighted by molar-refractivity contribution is 7.89. The number of imidazole rings is 1. The van der Waals surface area contributed by atoms with Crippen molar-refractivity contribution in [3.05, 3.63) is 78.8 Å². The average molecular weight is 523 g/mol. The van der Waals surface area contributed by atoms with Gasteiger partial charge in [0.25, 0.3) is 0 Å². The van der Waals surface area contributed by atoms with Crippen molar-refractivity contribution in [1.29, 1.82) is 0 Å². The van der Waals surface area contributed by atoms with Crippen LogP contribution in [-0.4, -0.2) is 49.1 Å². The Labute approximate surface area is 216 Å². The van der Waals surface area contributed by atoms with Crippen LogP contribution in [0.3, 0.4) is 0 Å². The van der Waals surface area contributed by atoms with Crippen LogP contribution in [0.4, 0.5) is 0 Å². The average Bonchev–Trinajstić information content (AvgIpc) is 3.38. The summed E-state index contributed by atoms with van der Waals surface area (Å²) in [4.78, 5) is 5.37. The number of pyridine rings is 1. The Morgan fingerprint density at radius 3 is 2.86 bits per heavy atom. The summed E-state index contributed by atoms with van der Waals surface area (Å²) in [5, 5.41) is 4.80. The minimum absolute atomic E-state index is 0.172. The van der Waals surface area contributed by atoms with Gasteiger partial charge in [0.2, 0.25) is 10.0 Å². The SMILES string of the molecule is CNC(=S)C1(c2ccc3nccn3c2)CCCCC1OCCNS(=O)(=O)c1cccc2ccccc12. The Morgan fingerprint density at radius 2 is 2.00 bits per heavy atom. The second kappa shape index (κ2) is 10.3. The molecule has 0 aliphatic heterocycles. The van der Waals surface area contributed by atoms with E-state index in [9.17, 15) is 8.42 Å². The van der Waals surface area contributed by atoms with E-state index in [2.05, 4.69) is 27.3 Å². The number of thiocarbonyl (C=S) groups is 1. The molecule has 2 unspecified atom stereocenters. The van der Waals surface area contributed by atoms with Crippen LogP contribution in [0, 0.1) is 0 Å². The van der Waals surface area contributed by atoms with Crippen LogP contribution in [0.25, 0.3) is 16.4 Å². The first-order valence-corrected chi connectivity index (χ1v) is 14.1. The van der Waals surface area contributed by atoms with Gasteiger partial charge in [-0.3, -0.25) is 0 Å². The number of nitrogens with one attached hydrogen (secondary N) is 2. The Hall–Kier alpha value is -2.85. The smallest absolute Gasteiger partial charge is 0.241 e. The van der Waals surface area contributed by atoms with Crippen molar-refractivity contribution in [2.75, 3.05) is 20.2 Å². The monoisotopic (exact) mass is 522 g/mol. The zero-order valence-electron chi connectivity index (χ0n) is 20.2. The number of fused-ring (bicyclic) bond motifs is 2. The van der Waals surface area contributed by atoms with E-state index in [-0.39, 0.29) is 24.2 Å². The lowest BCUT2D eigenvalue weighted by Gasteiger charge is -2.44. The molecule has 7 nitrogen and oxygen atoms in total. The second-order valence-corrected chi connectivity index (χ2v) is 11.3. The highest BCUT2D eigenvalue weighted by atomic mass is 32.2. The Balaban J connectivity index is 1.34. The van der Waals surface area contributed by atoms with Crippen molar-refractivity contribution in [2.24, 2.45) is 0 Å². The number of benzene rings is 2. The number of rotatable bonds is 8. The van der Waals surface area contributed by atoms with Gasteiger partial charge >= 0.3 is 0 Å². The third-order valence-electron chi connectivity index (χ3n) is 7.13. The van der Waals surface area contributed by atoms with E-state index in [4.69, 9.17) is 17.0 Å². The second-order valence-electron chi connectivity index (χ2n) is 9.14. The molecule has 2 N–H and O–H groups in total. The number of nitrogens with zero attached hydrogens (tertiary/aromatic N) is 2. The molecule has 2 atom stereocenters. The third-order valence-corrected chi connectivity index (χ3v) is 9.21. The first-order chi connectivity index (χ1) is 17.5. The molecule has 0 bridgehead atoms. The molecule has 5 rings (SSSR count). The maximum atomic E-state index is 13.1. The van der Waals surface area contributed by atoms with Gasteiger partial charge in [-0.15, -0.1) is 0 Å². The maximum absolute atomic E-state index is 13.1. The minimum atomic E-state index is -3.69. The highest BCUT2D eigenvalue weighted by Gasteiger charge is 2.46. The molecule has 1 fully saturated rings. The lowest BCUT2D eigenvalue weighted by Crippen LogP contribution is -2.53. The summed E-state index contributed by atoms with van der Waals surface area (Å²) in [6, 6.07) is 16.9. The molecule has 1 aliphatic carbocycles. The van der Waals surface area contributed by atoms with Crippen LogP contribution in [0.15, 0.2) is 78.1 Å². The van der Waals surface area contributed by atoms with E-state index in [0.717, 1.165) is 47.3 Å². The quantitative estimate of drug-likeness (QED) is 0.266. The lowest BCUT2D eigenvalue weighted by molar-refractivity contribution is -0.00272. The molecule has 2 aromatic heterocycles. The van der Waals surface area contributed by atoms with E-state index < -0.39 is 15.4 Å². The van der Waals surface area contributed by atoms with Crippen LogP contribution in [0.1, 0.15) is 31.2 Å². The van der Waals surface area contributed by atoms with Gasteiger partial charge in [-0.25, -0.2) is 18.1 Å². The predicted octanol–water partition coefficient (Wildman–Crippen LogP) is 4.21. The van der Waals surface area contributed by atoms with Crippen molar-refractivity contribution >= 4 is 43.6 Å². The van der Waals surface area contributed by atoms with Crippen LogP contribution in [-0.2, 0) is 20.2 Å². The predicted molar refractivity (Wildman–Crippen MR) is 146 cm³/mol. The molecule has 9 heteroatoms. The van der Waals surface area contributed by atoms with E-state index in [0.29, 0.717) is 5.39 Å².